The van der Waals surface area contributed by atoms with Gasteiger partial charge in [-0.2, -0.15) is 0 Å². The van der Waals surface area contributed by atoms with Crippen molar-refractivity contribution < 1.29 is 9.47 Å². The second kappa shape index (κ2) is 5.92. The molecule has 3 nitrogen and oxygen atoms in total. The van der Waals surface area contributed by atoms with Gasteiger partial charge in [0.05, 0.1) is 5.02 Å². The predicted octanol–water partition coefficient (Wildman–Crippen LogP) is 3.36. The summed E-state index contributed by atoms with van der Waals surface area (Å²) in [5.41, 5.74) is 7.44. The van der Waals surface area contributed by atoms with Gasteiger partial charge in [-0.15, -0.1) is 0 Å². The van der Waals surface area contributed by atoms with E-state index in [0.717, 1.165) is 12.2 Å². The van der Waals surface area contributed by atoms with Crippen LogP contribution in [0.25, 0.3) is 0 Å². The van der Waals surface area contributed by atoms with Gasteiger partial charge in [-0.05, 0) is 29.8 Å². The first-order chi connectivity index (χ1) is 10.1. The molecule has 1 aliphatic rings. The van der Waals surface area contributed by atoms with Crippen LogP contribution in [0.15, 0.2) is 42.5 Å². The molecule has 5 heteroatoms. The first kappa shape index (κ1) is 14.2. The molecular weight excluding hydrogens is 306 g/mol. The lowest BCUT2D eigenvalue weighted by molar-refractivity contribution is 0.148. The van der Waals surface area contributed by atoms with Crippen molar-refractivity contribution in [1.29, 1.82) is 0 Å². The number of para-hydroxylation sites is 1. The van der Waals surface area contributed by atoms with Crippen LogP contribution in [0.3, 0.4) is 0 Å². The Hall–Kier alpha value is -1.78. The summed E-state index contributed by atoms with van der Waals surface area (Å²) in [6.45, 7) is 0.470. The molecule has 108 valence electrons. The smallest absolute Gasteiger partial charge is 0.137 e. The lowest BCUT2D eigenvalue weighted by atomic mass is 10.1. The van der Waals surface area contributed by atoms with E-state index in [9.17, 15) is 0 Å². The fraction of sp³-hybridized carbons (Fsp3) is 0.188. The zero-order valence-corrected chi connectivity index (χ0v) is 12.8. The van der Waals surface area contributed by atoms with E-state index >= 15 is 0 Å². The van der Waals surface area contributed by atoms with Gasteiger partial charge in [-0.3, -0.25) is 0 Å². The molecule has 2 N–H and O–H groups in total. The minimum absolute atomic E-state index is 0.0245. The average Bonchev–Trinajstić information content (AvgIpc) is 2.87. The molecule has 21 heavy (non-hydrogen) atoms. The molecule has 0 aromatic heterocycles. The summed E-state index contributed by atoms with van der Waals surface area (Å²) in [6, 6.07) is 13.3. The van der Waals surface area contributed by atoms with Gasteiger partial charge in [0.1, 0.15) is 29.2 Å². The molecule has 0 radical (unpaired) electrons. The first-order valence-electron chi connectivity index (χ1n) is 6.60. The van der Waals surface area contributed by atoms with Crippen LogP contribution in [-0.4, -0.2) is 17.7 Å². The molecule has 0 amide bonds. The van der Waals surface area contributed by atoms with E-state index in [1.807, 2.05) is 24.3 Å². The fourth-order valence-corrected chi connectivity index (χ4v) is 2.83. The van der Waals surface area contributed by atoms with Crippen molar-refractivity contribution in [3.63, 3.8) is 0 Å². The van der Waals surface area contributed by atoms with Crippen LogP contribution in [0.5, 0.6) is 11.5 Å². The fourth-order valence-electron chi connectivity index (χ4n) is 2.32. The van der Waals surface area contributed by atoms with Crippen LogP contribution in [-0.2, 0) is 6.42 Å². The molecule has 1 unspecified atom stereocenters. The lowest BCUT2D eigenvalue weighted by Gasteiger charge is -2.13. The normalized spacial score (nSPS) is 16.1. The third kappa shape index (κ3) is 3.12. The number of ether oxygens (including phenoxy) is 2. The van der Waals surface area contributed by atoms with Gasteiger partial charge in [0, 0.05) is 12.0 Å². The summed E-state index contributed by atoms with van der Waals surface area (Å²) < 4.78 is 11.6. The molecule has 0 saturated heterocycles. The van der Waals surface area contributed by atoms with Gasteiger partial charge in [0.2, 0.25) is 0 Å². The Morgan fingerprint density at radius 1 is 1.33 bits per heavy atom. The maximum Gasteiger partial charge on any atom is 0.137 e. The van der Waals surface area contributed by atoms with E-state index in [1.54, 1.807) is 12.1 Å². The van der Waals surface area contributed by atoms with Crippen LogP contribution in [0.1, 0.15) is 11.1 Å². The Morgan fingerprint density at radius 2 is 2.14 bits per heavy atom. The van der Waals surface area contributed by atoms with Crippen molar-refractivity contribution in [2.45, 2.75) is 12.5 Å². The molecule has 0 bridgehead atoms. The van der Waals surface area contributed by atoms with Crippen LogP contribution < -0.4 is 15.2 Å². The third-order valence-corrected chi connectivity index (χ3v) is 3.89. The maximum absolute atomic E-state index is 6.11. The Morgan fingerprint density at radius 3 is 2.86 bits per heavy atom. The summed E-state index contributed by atoms with van der Waals surface area (Å²) in [4.78, 5) is 0.279. The topological polar surface area (TPSA) is 44.5 Å². The van der Waals surface area contributed by atoms with Crippen LogP contribution in [0.2, 0.25) is 5.02 Å². The molecule has 2 aromatic rings. The minimum atomic E-state index is 0.0245. The van der Waals surface area contributed by atoms with E-state index in [0.29, 0.717) is 22.9 Å². The van der Waals surface area contributed by atoms with Crippen molar-refractivity contribution >= 4 is 28.8 Å². The summed E-state index contributed by atoms with van der Waals surface area (Å²) in [6.07, 6.45) is 0.881. The van der Waals surface area contributed by atoms with Gasteiger partial charge in [0.15, 0.2) is 0 Å². The van der Waals surface area contributed by atoms with E-state index in [4.69, 9.17) is 39.0 Å². The second-order valence-corrected chi connectivity index (χ2v) is 5.72. The van der Waals surface area contributed by atoms with Crippen molar-refractivity contribution in [1.82, 2.24) is 0 Å². The Labute approximate surface area is 133 Å². The quantitative estimate of drug-likeness (QED) is 0.878. The Kier molecular flexibility index (Phi) is 3.99. The summed E-state index contributed by atoms with van der Waals surface area (Å²) in [7, 11) is 0. The summed E-state index contributed by atoms with van der Waals surface area (Å²) >= 11 is 11.0. The van der Waals surface area contributed by atoms with Crippen molar-refractivity contribution in [2.24, 2.45) is 5.73 Å². The predicted molar refractivity (Wildman–Crippen MR) is 87.4 cm³/mol. The third-order valence-electron chi connectivity index (χ3n) is 3.36. The summed E-state index contributed by atoms with van der Waals surface area (Å²) in [5, 5.41) is 0.496. The highest BCUT2D eigenvalue weighted by Gasteiger charge is 2.22. The van der Waals surface area contributed by atoms with E-state index < -0.39 is 0 Å². The number of nitrogens with two attached hydrogens (primary N) is 1. The number of fused-ring (bicyclic) bond motifs is 1. The largest absolute Gasteiger partial charge is 0.490 e. The van der Waals surface area contributed by atoms with Crippen LogP contribution >= 0.6 is 23.8 Å². The second-order valence-electron chi connectivity index (χ2n) is 4.87. The molecule has 0 spiro atoms. The number of benzene rings is 2. The zero-order chi connectivity index (χ0) is 14.8. The highest BCUT2D eigenvalue weighted by atomic mass is 35.5. The van der Waals surface area contributed by atoms with E-state index in [1.165, 1.54) is 5.56 Å². The highest BCUT2D eigenvalue weighted by molar-refractivity contribution is 7.80. The molecule has 0 fully saturated rings. The monoisotopic (exact) mass is 319 g/mol. The Balaban J connectivity index is 1.62. The van der Waals surface area contributed by atoms with Gasteiger partial charge in [0.25, 0.3) is 0 Å². The SMILES string of the molecule is NC(=S)c1ccc(OCC2Cc3ccccc3O2)cc1Cl. The molecule has 2 aromatic carbocycles. The molecule has 0 aliphatic carbocycles. The van der Waals surface area contributed by atoms with Gasteiger partial charge < -0.3 is 15.2 Å². The number of rotatable bonds is 4. The number of hydrogen-bond acceptors (Lipinski definition) is 3. The molecule has 1 atom stereocenters. The van der Waals surface area contributed by atoms with Crippen molar-refractivity contribution in [3.8, 4) is 11.5 Å². The van der Waals surface area contributed by atoms with Gasteiger partial charge >= 0.3 is 0 Å². The van der Waals surface area contributed by atoms with Crippen molar-refractivity contribution in [3.05, 3.63) is 58.6 Å². The molecule has 3 rings (SSSR count). The van der Waals surface area contributed by atoms with Gasteiger partial charge in [-0.1, -0.05) is 42.0 Å². The van der Waals surface area contributed by atoms with E-state index in [2.05, 4.69) is 6.07 Å². The van der Waals surface area contributed by atoms with Crippen LogP contribution in [0.4, 0.5) is 0 Å². The molecule has 0 saturated carbocycles. The number of thiocarbonyl (C=S) groups is 1. The van der Waals surface area contributed by atoms with Crippen molar-refractivity contribution in [2.75, 3.05) is 6.61 Å². The Bertz CT molecular complexity index is 665. The zero-order valence-electron chi connectivity index (χ0n) is 11.2. The molecule has 1 aliphatic heterocycles. The molecule has 1 heterocycles. The first-order valence-corrected chi connectivity index (χ1v) is 7.39. The highest BCUT2D eigenvalue weighted by Crippen LogP contribution is 2.29. The number of hydrogen-bond donors (Lipinski definition) is 1. The minimum Gasteiger partial charge on any atom is -0.490 e. The van der Waals surface area contributed by atoms with Crippen LogP contribution in [0, 0.1) is 0 Å². The average molecular weight is 320 g/mol. The molecular formula is C16H14ClNO2S. The van der Waals surface area contributed by atoms with Gasteiger partial charge in [-0.25, -0.2) is 0 Å². The maximum atomic E-state index is 6.11. The van der Waals surface area contributed by atoms with E-state index in [-0.39, 0.29) is 11.1 Å². The lowest BCUT2D eigenvalue weighted by Crippen LogP contribution is -2.22. The standard InChI is InChI=1S/C16H14ClNO2S/c17-14-8-11(5-6-13(14)16(18)21)19-9-12-7-10-3-1-2-4-15(10)20-12/h1-6,8,12H,7,9H2,(H2,18,21). The number of halogens is 1. The summed E-state index contributed by atoms with van der Waals surface area (Å²) in [5.74, 6) is 1.62.